The fraction of sp³-hybridized carbons (Fsp3) is 0.367. The van der Waals surface area contributed by atoms with E-state index in [2.05, 4.69) is 11.2 Å². The van der Waals surface area contributed by atoms with Crippen LogP contribution in [0, 0.1) is 5.92 Å². The number of carbonyl (C=O) groups is 1. The van der Waals surface area contributed by atoms with Gasteiger partial charge in [-0.1, -0.05) is 23.7 Å². The maximum atomic E-state index is 14.0. The zero-order valence-corrected chi connectivity index (χ0v) is 24.1. The number of allylic oxidation sites excluding steroid dienone is 1. The molecule has 1 aliphatic carbocycles. The van der Waals surface area contributed by atoms with E-state index in [-0.39, 0.29) is 23.6 Å². The number of hydrogen-bond acceptors (Lipinski definition) is 7. The van der Waals surface area contributed by atoms with Crippen LogP contribution in [-0.4, -0.2) is 54.8 Å². The Bertz CT molecular complexity index is 1480. The second kappa shape index (κ2) is 11.6. The molecule has 1 aromatic heterocycles. The fourth-order valence-electron chi connectivity index (χ4n) is 5.49. The first kappa shape index (κ1) is 27.6. The number of rotatable bonds is 8. The predicted molar refractivity (Wildman–Crippen MR) is 154 cm³/mol. The molecule has 1 fully saturated rings. The summed E-state index contributed by atoms with van der Waals surface area (Å²) in [5, 5.41) is 11.3. The third-order valence-corrected chi connectivity index (χ3v) is 7.73. The molecule has 0 bridgehead atoms. The lowest BCUT2D eigenvalue weighted by atomic mass is 9.77. The first-order valence-electron chi connectivity index (χ1n) is 13.2. The molecule has 0 unspecified atom stereocenters. The van der Waals surface area contributed by atoms with Crippen LogP contribution in [-0.2, 0) is 6.54 Å². The molecule has 1 aliphatic heterocycles. The second-order valence-corrected chi connectivity index (χ2v) is 10.1. The van der Waals surface area contributed by atoms with E-state index in [0.717, 1.165) is 41.7 Å². The van der Waals surface area contributed by atoms with Crippen LogP contribution in [0.15, 0.2) is 53.3 Å². The van der Waals surface area contributed by atoms with Crippen molar-refractivity contribution in [2.75, 3.05) is 28.4 Å². The van der Waals surface area contributed by atoms with Crippen LogP contribution in [0.4, 0.5) is 0 Å². The smallest absolute Gasteiger partial charge is 0.296 e. The number of benzene rings is 2. The average Bonchev–Trinajstić information content (AvgIpc) is 3.57. The van der Waals surface area contributed by atoms with Crippen molar-refractivity contribution in [3.05, 3.63) is 70.0 Å². The van der Waals surface area contributed by atoms with Gasteiger partial charge in [-0.25, -0.2) is 5.01 Å². The molecule has 1 saturated carbocycles. The molecular formula is C30H33ClN4O5. The largest absolute Gasteiger partial charge is 0.493 e. The van der Waals surface area contributed by atoms with Crippen LogP contribution < -0.4 is 18.9 Å². The molecule has 40 heavy (non-hydrogen) atoms. The van der Waals surface area contributed by atoms with E-state index in [9.17, 15) is 4.79 Å². The normalized spacial score (nSPS) is 19.3. The van der Waals surface area contributed by atoms with Crippen LogP contribution in [0.5, 0.6) is 23.0 Å². The number of nitrogens with zero attached hydrogens (tertiary/aromatic N) is 4. The van der Waals surface area contributed by atoms with E-state index >= 15 is 0 Å². The molecule has 0 saturated heterocycles. The quantitative estimate of drug-likeness (QED) is 0.332. The van der Waals surface area contributed by atoms with Gasteiger partial charge in [-0.05, 0) is 73.2 Å². The van der Waals surface area contributed by atoms with Gasteiger partial charge in [-0.2, -0.15) is 10.2 Å². The lowest BCUT2D eigenvalue weighted by Gasteiger charge is -2.29. The average molecular weight is 565 g/mol. The van der Waals surface area contributed by atoms with Crippen LogP contribution in [0.2, 0.25) is 5.02 Å². The minimum absolute atomic E-state index is 0.0192. The number of ether oxygens (including phenoxy) is 4. The maximum absolute atomic E-state index is 14.0. The van der Waals surface area contributed by atoms with Crippen molar-refractivity contribution >= 4 is 29.3 Å². The Morgan fingerprint density at radius 1 is 1.00 bits per heavy atom. The number of carbonyl (C=O) groups excluding carboxylic acids is 1. The fourth-order valence-corrected chi connectivity index (χ4v) is 5.73. The zero-order chi connectivity index (χ0) is 28.4. The van der Waals surface area contributed by atoms with Crippen LogP contribution in [0.25, 0.3) is 6.08 Å². The molecule has 1 amide bonds. The molecule has 9 nitrogen and oxygen atoms in total. The Labute approximate surface area is 238 Å². The summed E-state index contributed by atoms with van der Waals surface area (Å²) in [6, 6.07) is 11.2. The van der Waals surface area contributed by atoms with E-state index in [4.69, 9.17) is 35.6 Å². The molecule has 5 rings (SSSR count). The van der Waals surface area contributed by atoms with Gasteiger partial charge in [-0.3, -0.25) is 9.48 Å². The van der Waals surface area contributed by atoms with Crippen LogP contribution in [0.3, 0.4) is 0 Å². The van der Waals surface area contributed by atoms with E-state index < -0.39 is 0 Å². The topological polar surface area (TPSA) is 87.4 Å². The first-order chi connectivity index (χ1) is 19.4. The third-order valence-electron chi connectivity index (χ3n) is 7.45. The van der Waals surface area contributed by atoms with Gasteiger partial charge in [0.2, 0.25) is 0 Å². The van der Waals surface area contributed by atoms with Gasteiger partial charge in [0.05, 0.1) is 45.2 Å². The van der Waals surface area contributed by atoms with Crippen molar-refractivity contribution in [1.29, 1.82) is 0 Å². The monoisotopic (exact) mass is 564 g/mol. The van der Waals surface area contributed by atoms with Crippen LogP contribution in [0.1, 0.15) is 53.8 Å². The van der Waals surface area contributed by atoms with E-state index in [1.54, 1.807) is 44.3 Å². The zero-order valence-electron chi connectivity index (χ0n) is 23.3. The summed E-state index contributed by atoms with van der Waals surface area (Å²) in [4.78, 5) is 14.0. The molecule has 2 atom stereocenters. The molecule has 2 aromatic carbocycles. The summed E-state index contributed by atoms with van der Waals surface area (Å²) >= 11 is 6.47. The highest BCUT2D eigenvalue weighted by molar-refractivity contribution is 6.33. The number of aryl methyl sites for hydroxylation is 1. The lowest BCUT2D eigenvalue weighted by Crippen LogP contribution is -2.32. The maximum Gasteiger partial charge on any atom is 0.296 e. The second-order valence-electron chi connectivity index (χ2n) is 9.66. The Kier molecular flexibility index (Phi) is 8.02. The van der Waals surface area contributed by atoms with Gasteiger partial charge in [0.15, 0.2) is 28.7 Å². The predicted octanol–water partition coefficient (Wildman–Crippen LogP) is 6.03. The van der Waals surface area contributed by atoms with Gasteiger partial charge < -0.3 is 18.9 Å². The number of amides is 1. The van der Waals surface area contributed by atoms with Crippen molar-refractivity contribution in [3.8, 4) is 23.0 Å². The SMILES string of the molecule is CCn1cc(Cl)c(C(=O)N2N=C3/C(=C/c4ccc(OC)c(OC)c4)CCC[C@H]3[C@H]2c2ccc(OC)c(OC)c2)n1. The molecule has 2 heterocycles. The van der Waals surface area contributed by atoms with Gasteiger partial charge in [0.25, 0.3) is 5.91 Å². The van der Waals surface area contributed by atoms with Gasteiger partial charge in [-0.15, -0.1) is 0 Å². The molecule has 0 spiro atoms. The number of aromatic nitrogens is 2. The van der Waals surface area contributed by atoms with Crippen molar-refractivity contribution in [3.63, 3.8) is 0 Å². The third kappa shape index (κ3) is 5.01. The molecule has 3 aromatic rings. The first-order valence-corrected chi connectivity index (χ1v) is 13.6. The van der Waals surface area contributed by atoms with Crippen molar-refractivity contribution in [1.82, 2.24) is 14.8 Å². The van der Waals surface area contributed by atoms with Crippen molar-refractivity contribution in [2.24, 2.45) is 11.0 Å². The van der Waals surface area contributed by atoms with Crippen LogP contribution >= 0.6 is 11.6 Å². The van der Waals surface area contributed by atoms with Gasteiger partial charge >= 0.3 is 0 Å². The Balaban J connectivity index is 1.60. The number of fused-ring (bicyclic) bond motifs is 1. The standard InChI is InChI=1S/C30H33ClN4O5/c1-6-34-17-22(31)28(32-34)30(36)35-29(20-11-13-24(38-3)26(16-20)40-5)21-9-7-8-19(27(21)33-35)14-18-10-12-23(37-2)25(15-18)39-4/h10-17,21,29H,6-9H2,1-5H3/b19-14+/t21-,29-/m1/s1. The summed E-state index contributed by atoms with van der Waals surface area (Å²) in [5.41, 5.74) is 4.01. The summed E-state index contributed by atoms with van der Waals surface area (Å²) < 4.78 is 23.6. The van der Waals surface area contributed by atoms with Gasteiger partial charge in [0.1, 0.15) is 0 Å². The highest BCUT2D eigenvalue weighted by atomic mass is 35.5. The Morgan fingerprint density at radius 2 is 1.68 bits per heavy atom. The highest BCUT2D eigenvalue weighted by Gasteiger charge is 2.45. The van der Waals surface area contributed by atoms with E-state index in [1.807, 2.05) is 43.3 Å². The molecule has 0 radical (unpaired) electrons. The number of hydrogen-bond donors (Lipinski definition) is 0. The molecular weight excluding hydrogens is 532 g/mol. The van der Waals surface area contributed by atoms with Crippen molar-refractivity contribution < 1.29 is 23.7 Å². The molecule has 0 N–H and O–H groups in total. The summed E-state index contributed by atoms with van der Waals surface area (Å²) in [6.45, 7) is 2.54. The Hall–Kier alpha value is -3.98. The number of halogens is 1. The van der Waals surface area contributed by atoms with E-state index in [1.165, 1.54) is 0 Å². The van der Waals surface area contributed by atoms with Gasteiger partial charge in [0, 0.05) is 18.7 Å². The highest BCUT2D eigenvalue weighted by Crippen LogP contribution is 2.46. The number of hydrazone groups is 1. The molecule has 2 aliphatic rings. The Morgan fingerprint density at radius 3 is 2.33 bits per heavy atom. The minimum Gasteiger partial charge on any atom is -0.493 e. The number of methoxy groups -OCH3 is 4. The summed E-state index contributed by atoms with van der Waals surface area (Å²) in [5.74, 6) is 2.16. The van der Waals surface area contributed by atoms with Crippen molar-refractivity contribution in [2.45, 2.75) is 38.8 Å². The summed E-state index contributed by atoms with van der Waals surface area (Å²) in [7, 11) is 6.44. The lowest BCUT2D eigenvalue weighted by molar-refractivity contribution is 0.0673. The summed E-state index contributed by atoms with van der Waals surface area (Å²) in [6.07, 6.45) is 6.46. The van der Waals surface area contributed by atoms with E-state index in [0.29, 0.717) is 34.6 Å². The molecule has 10 heteroatoms. The molecule has 210 valence electrons. The minimum atomic E-state index is -0.362.